The Labute approximate surface area is 86.8 Å². The van der Waals surface area contributed by atoms with Crippen molar-refractivity contribution in [2.24, 2.45) is 5.73 Å². The van der Waals surface area contributed by atoms with Crippen LogP contribution in [0.2, 0.25) is 0 Å². The van der Waals surface area contributed by atoms with Gasteiger partial charge >= 0.3 is 0 Å². The normalized spacial score (nSPS) is 14.9. The second-order valence-corrected chi connectivity index (χ2v) is 3.95. The predicted octanol–water partition coefficient (Wildman–Crippen LogP) is 0.182. The molecule has 3 N–H and O–H groups in total. The second kappa shape index (κ2) is 5.98. The Hall–Kier alpha value is -0.610. The number of hydrogen-bond donors (Lipinski definition) is 2. The first-order chi connectivity index (χ1) is 6.45. The number of nitrogens with two attached hydrogens (primary N) is 1. The minimum Gasteiger partial charge on any atom is -0.344 e. The molecular weight excluding hydrogens is 178 g/mol. The standard InChI is InChI=1S/C10H23N3O/c1-5-10(2,11)9(14)13(4)8-6-7-12-3/h12H,5-8,11H2,1-4H3. The van der Waals surface area contributed by atoms with Gasteiger partial charge in [0.2, 0.25) is 5.91 Å². The van der Waals surface area contributed by atoms with Crippen molar-refractivity contribution in [2.45, 2.75) is 32.2 Å². The highest BCUT2D eigenvalue weighted by Gasteiger charge is 2.28. The third-order valence-corrected chi connectivity index (χ3v) is 2.49. The van der Waals surface area contributed by atoms with Crippen molar-refractivity contribution in [3.63, 3.8) is 0 Å². The van der Waals surface area contributed by atoms with Gasteiger partial charge in [-0.15, -0.1) is 0 Å². The maximum atomic E-state index is 11.8. The highest BCUT2D eigenvalue weighted by atomic mass is 16.2. The molecule has 0 aromatic carbocycles. The summed E-state index contributed by atoms with van der Waals surface area (Å²) in [5.74, 6) is 0.0242. The van der Waals surface area contributed by atoms with E-state index in [0.717, 1.165) is 19.5 Å². The van der Waals surface area contributed by atoms with Crippen LogP contribution in [-0.4, -0.2) is 43.5 Å². The summed E-state index contributed by atoms with van der Waals surface area (Å²) < 4.78 is 0. The van der Waals surface area contributed by atoms with Gasteiger partial charge in [0.25, 0.3) is 0 Å². The summed E-state index contributed by atoms with van der Waals surface area (Å²) in [5, 5.41) is 3.05. The van der Waals surface area contributed by atoms with E-state index in [2.05, 4.69) is 5.32 Å². The lowest BCUT2D eigenvalue weighted by Gasteiger charge is -2.28. The number of nitrogens with zero attached hydrogens (tertiary/aromatic N) is 1. The van der Waals surface area contributed by atoms with Crippen molar-refractivity contribution < 1.29 is 4.79 Å². The molecule has 0 aliphatic carbocycles. The van der Waals surface area contributed by atoms with Gasteiger partial charge in [-0.05, 0) is 33.4 Å². The van der Waals surface area contributed by atoms with E-state index in [1.165, 1.54) is 0 Å². The van der Waals surface area contributed by atoms with Crippen molar-refractivity contribution in [3.8, 4) is 0 Å². The summed E-state index contributed by atoms with van der Waals surface area (Å²) >= 11 is 0. The Kier molecular flexibility index (Phi) is 5.72. The van der Waals surface area contributed by atoms with Gasteiger partial charge in [-0.1, -0.05) is 6.92 Å². The molecule has 0 heterocycles. The van der Waals surface area contributed by atoms with Crippen molar-refractivity contribution in [1.82, 2.24) is 10.2 Å². The summed E-state index contributed by atoms with van der Waals surface area (Å²) in [6, 6.07) is 0. The number of carbonyl (C=O) groups is 1. The second-order valence-electron chi connectivity index (χ2n) is 3.95. The zero-order valence-electron chi connectivity index (χ0n) is 9.76. The molecule has 1 atom stereocenters. The largest absolute Gasteiger partial charge is 0.344 e. The molecule has 0 fully saturated rings. The molecule has 4 nitrogen and oxygen atoms in total. The Bertz CT molecular complexity index is 180. The molecule has 0 aromatic rings. The summed E-state index contributed by atoms with van der Waals surface area (Å²) in [6.07, 6.45) is 1.63. The van der Waals surface area contributed by atoms with Crippen LogP contribution in [0.4, 0.5) is 0 Å². The van der Waals surface area contributed by atoms with Crippen LogP contribution < -0.4 is 11.1 Å². The highest BCUT2D eigenvalue weighted by molar-refractivity contribution is 5.85. The highest BCUT2D eigenvalue weighted by Crippen LogP contribution is 2.08. The third kappa shape index (κ3) is 4.07. The van der Waals surface area contributed by atoms with Crippen molar-refractivity contribution in [3.05, 3.63) is 0 Å². The predicted molar refractivity (Wildman–Crippen MR) is 59.1 cm³/mol. The Balaban J connectivity index is 3.99. The molecule has 0 saturated carbocycles. The smallest absolute Gasteiger partial charge is 0.242 e. The van der Waals surface area contributed by atoms with Gasteiger partial charge in [-0.2, -0.15) is 0 Å². The molecule has 14 heavy (non-hydrogen) atoms. The summed E-state index contributed by atoms with van der Waals surface area (Å²) in [6.45, 7) is 5.39. The average Bonchev–Trinajstić information content (AvgIpc) is 2.17. The fraction of sp³-hybridized carbons (Fsp3) is 0.900. The van der Waals surface area contributed by atoms with E-state index in [0.29, 0.717) is 6.42 Å². The number of carbonyl (C=O) groups excluding carboxylic acids is 1. The fourth-order valence-electron chi connectivity index (χ4n) is 1.18. The van der Waals surface area contributed by atoms with Gasteiger partial charge in [0, 0.05) is 13.6 Å². The molecule has 1 amide bonds. The minimum absolute atomic E-state index is 0.0242. The fourth-order valence-corrected chi connectivity index (χ4v) is 1.18. The molecule has 1 unspecified atom stereocenters. The van der Waals surface area contributed by atoms with E-state index in [1.807, 2.05) is 14.0 Å². The van der Waals surface area contributed by atoms with E-state index >= 15 is 0 Å². The summed E-state index contributed by atoms with van der Waals surface area (Å²) in [4.78, 5) is 13.5. The molecule has 4 heteroatoms. The number of amides is 1. The first kappa shape index (κ1) is 13.4. The molecule has 0 rings (SSSR count). The van der Waals surface area contributed by atoms with E-state index in [9.17, 15) is 4.79 Å². The number of hydrogen-bond acceptors (Lipinski definition) is 3. The summed E-state index contributed by atoms with van der Waals surface area (Å²) in [5.41, 5.74) is 5.14. The lowest BCUT2D eigenvalue weighted by Crippen LogP contribution is -2.52. The van der Waals surface area contributed by atoms with Crippen molar-refractivity contribution in [2.75, 3.05) is 27.2 Å². The van der Waals surface area contributed by atoms with E-state index in [4.69, 9.17) is 5.73 Å². The number of likely N-dealkylation sites (N-methyl/N-ethyl adjacent to an activating group) is 1. The SMILES string of the molecule is CCC(C)(N)C(=O)N(C)CCCNC. The Morgan fingerprint density at radius 3 is 2.57 bits per heavy atom. The zero-order valence-corrected chi connectivity index (χ0v) is 9.76. The molecule has 0 saturated heterocycles. The van der Waals surface area contributed by atoms with Crippen LogP contribution in [0.15, 0.2) is 0 Å². The molecule has 0 aromatic heterocycles. The van der Waals surface area contributed by atoms with Crippen molar-refractivity contribution in [1.29, 1.82) is 0 Å². The van der Waals surface area contributed by atoms with Gasteiger partial charge in [0.15, 0.2) is 0 Å². The summed E-state index contributed by atoms with van der Waals surface area (Å²) in [7, 11) is 3.71. The lowest BCUT2D eigenvalue weighted by atomic mass is 9.99. The van der Waals surface area contributed by atoms with Crippen molar-refractivity contribution >= 4 is 5.91 Å². The van der Waals surface area contributed by atoms with Gasteiger partial charge in [-0.3, -0.25) is 4.79 Å². The van der Waals surface area contributed by atoms with Crippen LogP contribution >= 0.6 is 0 Å². The monoisotopic (exact) mass is 201 g/mol. The minimum atomic E-state index is -0.714. The van der Waals surface area contributed by atoms with Gasteiger partial charge < -0.3 is 16.0 Å². The molecule has 0 aliphatic heterocycles. The first-order valence-electron chi connectivity index (χ1n) is 5.14. The Morgan fingerprint density at radius 2 is 2.14 bits per heavy atom. The van der Waals surface area contributed by atoms with Crippen LogP contribution in [0.25, 0.3) is 0 Å². The first-order valence-corrected chi connectivity index (χ1v) is 5.14. The number of rotatable bonds is 6. The van der Waals surface area contributed by atoms with E-state index in [1.54, 1.807) is 18.9 Å². The van der Waals surface area contributed by atoms with E-state index < -0.39 is 5.54 Å². The zero-order chi connectivity index (χ0) is 11.2. The maximum Gasteiger partial charge on any atom is 0.242 e. The lowest BCUT2D eigenvalue weighted by molar-refractivity contribution is -0.135. The topological polar surface area (TPSA) is 58.4 Å². The molecule has 0 radical (unpaired) electrons. The quantitative estimate of drug-likeness (QED) is 0.603. The molecule has 0 aliphatic rings. The van der Waals surface area contributed by atoms with Crippen LogP contribution in [0.5, 0.6) is 0 Å². The van der Waals surface area contributed by atoms with Gasteiger partial charge in [-0.25, -0.2) is 0 Å². The number of nitrogens with one attached hydrogen (secondary N) is 1. The molecular formula is C10H23N3O. The molecule has 84 valence electrons. The van der Waals surface area contributed by atoms with E-state index in [-0.39, 0.29) is 5.91 Å². The van der Waals surface area contributed by atoms with Crippen LogP contribution in [0.3, 0.4) is 0 Å². The molecule has 0 bridgehead atoms. The van der Waals surface area contributed by atoms with Gasteiger partial charge in [0.05, 0.1) is 5.54 Å². The van der Waals surface area contributed by atoms with Gasteiger partial charge in [0.1, 0.15) is 0 Å². The van der Waals surface area contributed by atoms with Crippen LogP contribution in [0.1, 0.15) is 26.7 Å². The van der Waals surface area contributed by atoms with Crippen LogP contribution in [0, 0.1) is 0 Å². The molecule has 0 spiro atoms. The Morgan fingerprint density at radius 1 is 1.57 bits per heavy atom. The maximum absolute atomic E-state index is 11.8. The van der Waals surface area contributed by atoms with Crippen LogP contribution in [-0.2, 0) is 4.79 Å². The third-order valence-electron chi connectivity index (χ3n) is 2.49. The average molecular weight is 201 g/mol.